The van der Waals surface area contributed by atoms with E-state index in [4.69, 9.17) is 33.5 Å². The molecule has 218 valence electrons. The number of fused-ring (bicyclic) bond motifs is 2. The maximum atomic E-state index is 13.4. The number of nitriles is 1. The monoisotopic (exact) mass is 579 g/mol. The summed E-state index contributed by atoms with van der Waals surface area (Å²) in [5.41, 5.74) is 4.62. The van der Waals surface area contributed by atoms with Crippen LogP contribution in [-0.2, 0) is 47.5 Å². The lowest BCUT2D eigenvalue weighted by atomic mass is 9.92. The van der Waals surface area contributed by atoms with Crippen LogP contribution in [0.2, 0.25) is 0 Å². The van der Waals surface area contributed by atoms with E-state index in [0.717, 1.165) is 12.8 Å². The van der Waals surface area contributed by atoms with E-state index >= 15 is 0 Å². The van der Waals surface area contributed by atoms with Crippen LogP contribution in [0.5, 0.6) is 0 Å². The van der Waals surface area contributed by atoms with Gasteiger partial charge in [-0.2, -0.15) is 10.4 Å². The summed E-state index contributed by atoms with van der Waals surface area (Å²) >= 11 is 0. The molecule has 0 spiro atoms. The predicted octanol–water partition coefficient (Wildman–Crippen LogP) is 3.25. The van der Waals surface area contributed by atoms with Crippen LogP contribution < -0.4 is 5.73 Å². The van der Waals surface area contributed by atoms with Crippen LogP contribution in [0.1, 0.15) is 59.1 Å². The lowest BCUT2D eigenvalue weighted by molar-refractivity contribution is -0.165. The van der Waals surface area contributed by atoms with Crippen LogP contribution in [0.25, 0.3) is 5.52 Å². The molecule has 0 unspecified atom stereocenters. The first-order chi connectivity index (χ1) is 19.1. The van der Waals surface area contributed by atoms with Crippen molar-refractivity contribution < 1.29 is 41.9 Å². The molecule has 14 nitrogen and oxygen atoms in total. The number of nitrogens with two attached hydrogens (primary N) is 1. The van der Waals surface area contributed by atoms with E-state index in [0.29, 0.717) is 18.4 Å². The van der Waals surface area contributed by atoms with Crippen LogP contribution in [0.15, 0.2) is 18.5 Å². The molecule has 0 aliphatic carbocycles. The highest BCUT2D eigenvalue weighted by Crippen LogP contribution is 2.58. The number of ether oxygens (including phenoxy) is 3. The number of hydrogen-bond acceptors (Lipinski definition) is 13. The van der Waals surface area contributed by atoms with E-state index in [1.54, 1.807) is 26.0 Å². The number of nitrogens with zero attached hydrogens (tertiary/aromatic N) is 4. The van der Waals surface area contributed by atoms with Gasteiger partial charge < -0.3 is 19.9 Å². The molecular weight excluding hydrogens is 545 g/mol. The second kappa shape index (κ2) is 12.2. The van der Waals surface area contributed by atoms with E-state index in [9.17, 15) is 19.4 Å². The number of carbonyl (C=O) groups excluding carboxylic acids is 2. The molecule has 4 rings (SSSR count). The Kier molecular flexibility index (Phi) is 9.12. The van der Waals surface area contributed by atoms with Crippen molar-refractivity contribution in [1.82, 2.24) is 14.6 Å². The predicted molar refractivity (Wildman–Crippen MR) is 138 cm³/mol. The fourth-order valence-corrected chi connectivity index (χ4v) is 6.06. The summed E-state index contributed by atoms with van der Waals surface area (Å²) in [6.07, 6.45) is 0.542. The van der Waals surface area contributed by atoms with Crippen LogP contribution in [0.4, 0.5) is 5.82 Å². The Morgan fingerprint density at radius 3 is 2.65 bits per heavy atom. The van der Waals surface area contributed by atoms with Gasteiger partial charge in [0.2, 0.25) is 12.4 Å². The zero-order chi connectivity index (χ0) is 29.1. The highest BCUT2D eigenvalue weighted by atomic mass is 31.2. The SMILES string of the molecule is CCCC(CCC)C(=O)OCO[P@]1(=O)OC[C@H]2O[C@@](C#N)(c3ccc4c(N)ncnn34)[C@H](OC(=O)C(C)C)[C@@H]2O1. The van der Waals surface area contributed by atoms with Crippen LogP contribution >= 0.6 is 7.82 Å². The summed E-state index contributed by atoms with van der Waals surface area (Å²) in [6.45, 7) is 6.21. The van der Waals surface area contributed by atoms with E-state index in [1.807, 2.05) is 13.8 Å². The van der Waals surface area contributed by atoms with Crippen molar-refractivity contribution in [1.29, 1.82) is 5.26 Å². The molecule has 5 atom stereocenters. The lowest BCUT2D eigenvalue weighted by Crippen LogP contribution is -2.46. The summed E-state index contributed by atoms with van der Waals surface area (Å²) in [5.74, 6) is -1.80. The molecule has 15 heteroatoms. The van der Waals surface area contributed by atoms with Gasteiger partial charge in [-0.05, 0) is 25.0 Å². The van der Waals surface area contributed by atoms with Gasteiger partial charge in [-0.25, -0.2) is 18.6 Å². The number of esters is 2. The van der Waals surface area contributed by atoms with Crippen molar-refractivity contribution in [2.24, 2.45) is 11.8 Å². The van der Waals surface area contributed by atoms with Gasteiger partial charge in [0, 0.05) is 0 Å². The quantitative estimate of drug-likeness (QED) is 0.232. The standard InChI is InChI=1S/C25H34N5O9P/c1-5-7-16(8-6-2)24(32)34-14-36-40(33)35-11-18-20(39-40)21(37-23(31)15(3)4)25(12-26,38-18)19-10-9-17-22(27)28-13-29-30(17)19/h9-10,13,15-16,18,20-21H,5-8,11,14H2,1-4H3,(H2,27,28,29)/t18-,20-,21-,25+,40+/m1/s1. The Labute approximate surface area is 231 Å². The molecule has 2 aromatic heterocycles. The minimum atomic E-state index is -4.32. The molecule has 2 saturated heterocycles. The Bertz CT molecular complexity index is 1320. The van der Waals surface area contributed by atoms with E-state index < -0.39 is 56.4 Å². The molecule has 0 amide bonds. The molecule has 2 aliphatic heterocycles. The van der Waals surface area contributed by atoms with Crippen molar-refractivity contribution in [2.75, 3.05) is 19.1 Å². The van der Waals surface area contributed by atoms with Crippen LogP contribution in [0.3, 0.4) is 0 Å². The molecule has 4 heterocycles. The van der Waals surface area contributed by atoms with Gasteiger partial charge in [-0.1, -0.05) is 40.5 Å². The second-order valence-corrected chi connectivity index (χ2v) is 11.6. The number of phosphoric acid groups is 1. The molecular formula is C25H34N5O9P. The van der Waals surface area contributed by atoms with Crippen molar-refractivity contribution in [2.45, 2.75) is 77.3 Å². The first-order valence-corrected chi connectivity index (χ1v) is 14.7. The molecule has 0 saturated carbocycles. The summed E-state index contributed by atoms with van der Waals surface area (Å²) < 4.78 is 48.2. The normalized spacial score (nSPS) is 28.0. The van der Waals surface area contributed by atoms with Gasteiger partial charge in [0.1, 0.15) is 30.1 Å². The summed E-state index contributed by atoms with van der Waals surface area (Å²) in [5, 5.41) is 14.6. The fraction of sp³-hybridized carbons (Fsp3) is 0.640. The lowest BCUT2D eigenvalue weighted by Gasteiger charge is -2.32. The van der Waals surface area contributed by atoms with E-state index in [2.05, 4.69) is 16.2 Å². The topological polar surface area (TPSA) is 187 Å². The maximum absolute atomic E-state index is 13.4. The molecule has 40 heavy (non-hydrogen) atoms. The van der Waals surface area contributed by atoms with Gasteiger partial charge in [0.15, 0.2) is 11.9 Å². The fourth-order valence-electron chi connectivity index (χ4n) is 4.81. The Morgan fingerprint density at radius 1 is 1.27 bits per heavy atom. The molecule has 2 N–H and O–H groups in total. The largest absolute Gasteiger partial charge is 0.478 e. The van der Waals surface area contributed by atoms with Crippen molar-refractivity contribution in [3.63, 3.8) is 0 Å². The molecule has 0 bridgehead atoms. The number of anilines is 1. The molecule has 2 aromatic rings. The zero-order valence-electron chi connectivity index (χ0n) is 22.8. The van der Waals surface area contributed by atoms with Gasteiger partial charge in [0.05, 0.1) is 24.1 Å². The first-order valence-electron chi connectivity index (χ1n) is 13.2. The number of hydrogen-bond donors (Lipinski definition) is 1. The van der Waals surface area contributed by atoms with Crippen LogP contribution in [0, 0.1) is 23.2 Å². The average Bonchev–Trinajstić information content (AvgIpc) is 3.49. The van der Waals surface area contributed by atoms with Crippen molar-refractivity contribution in [3.8, 4) is 6.07 Å². The van der Waals surface area contributed by atoms with E-state index in [-0.39, 0.29) is 24.0 Å². The molecule has 0 radical (unpaired) electrons. The smallest absolute Gasteiger partial charge is 0.455 e. The maximum Gasteiger partial charge on any atom is 0.478 e. The van der Waals surface area contributed by atoms with Crippen LogP contribution in [-0.4, -0.2) is 58.2 Å². The molecule has 2 aliphatic rings. The second-order valence-electron chi connectivity index (χ2n) is 9.97. The zero-order valence-corrected chi connectivity index (χ0v) is 23.7. The minimum Gasteiger partial charge on any atom is -0.455 e. The number of nitrogen functional groups attached to an aromatic ring is 1. The Balaban J connectivity index is 1.59. The van der Waals surface area contributed by atoms with Gasteiger partial charge in [-0.3, -0.25) is 18.6 Å². The summed E-state index contributed by atoms with van der Waals surface area (Å²) in [4.78, 5) is 29.2. The third kappa shape index (κ3) is 5.70. The number of rotatable bonds is 11. The third-order valence-corrected chi connectivity index (χ3v) is 8.20. The number of carbonyl (C=O) groups is 2. The number of phosphoric ester groups is 1. The Hall–Kier alpha value is -3.08. The summed E-state index contributed by atoms with van der Waals surface area (Å²) in [7, 11) is -4.32. The van der Waals surface area contributed by atoms with E-state index in [1.165, 1.54) is 10.8 Å². The number of aromatic nitrogens is 3. The van der Waals surface area contributed by atoms with Crippen molar-refractivity contribution >= 4 is 31.1 Å². The highest BCUT2D eigenvalue weighted by molar-refractivity contribution is 7.48. The van der Waals surface area contributed by atoms with Crippen molar-refractivity contribution in [3.05, 3.63) is 24.2 Å². The van der Waals surface area contributed by atoms with Gasteiger partial charge in [0.25, 0.3) is 0 Å². The third-order valence-electron chi connectivity index (χ3n) is 6.81. The van der Waals surface area contributed by atoms with Gasteiger partial charge in [-0.15, -0.1) is 0 Å². The highest BCUT2D eigenvalue weighted by Gasteiger charge is 2.65. The minimum absolute atomic E-state index is 0.160. The summed E-state index contributed by atoms with van der Waals surface area (Å²) in [6, 6.07) is 5.26. The molecule has 0 aromatic carbocycles. The molecule has 2 fully saturated rings. The Morgan fingerprint density at radius 2 is 2.00 bits per heavy atom. The average molecular weight is 580 g/mol. The first kappa shape index (κ1) is 29.9. The van der Waals surface area contributed by atoms with Gasteiger partial charge >= 0.3 is 19.8 Å².